The van der Waals surface area contributed by atoms with Crippen LogP contribution in [-0.4, -0.2) is 22.0 Å². The molecule has 0 saturated heterocycles. The summed E-state index contributed by atoms with van der Waals surface area (Å²) in [7, 11) is 0. The number of hydrogen-bond acceptors (Lipinski definition) is 3. The van der Waals surface area contributed by atoms with Gasteiger partial charge in [0.2, 0.25) is 0 Å². The molecule has 0 fully saturated rings. The first-order chi connectivity index (χ1) is 9.47. The van der Waals surface area contributed by atoms with Gasteiger partial charge in [0.05, 0.1) is 11.3 Å². The van der Waals surface area contributed by atoms with Gasteiger partial charge in [0.1, 0.15) is 5.69 Å². The fraction of sp³-hybridized carbons (Fsp3) is 0. The molecule has 5 nitrogen and oxygen atoms in total. The zero-order valence-corrected chi connectivity index (χ0v) is 12.3. The van der Waals surface area contributed by atoms with E-state index in [0.29, 0.717) is 15.2 Å². The SMILES string of the molecule is O=C(O)c1ccc(C(=O)Nc2ccc(Cl)cc2Br)nc1. The Morgan fingerprint density at radius 2 is 2.00 bits per heavy atom. The lowest BCUT2D eigenvalue weighted by Crippen LogP contribution is -2.14. The van der Waals surface area contributed by atoms with Gasteiger partial charge in [0.15, 0.2) is 0 Å². The molecule has 2 rings (SSSR count). The van der Waals surface area contributed by atoms with Gasteiger partial charge >= 0.3 is 5.97 Å². The molecule has 0 unspecified atom stereocenters. The van der Waals surface area contributed by atoms with Crippen LogP contribution in [0.3, 0.4) is 0 Å². The summed E-state index contributed by atoms with van der Waals surface area (Å²) >= 11 is 9.09. The van der Waals surface area contributed by atoms with Gasteiger partial charge in [-0.05, 0) is 46.3 Å². The Balaban J connectivity index is 2.17. The van der Waals surface area contributed by atoms with Gasteiger partial charge in [0, 0.05) is 15.7 Å². The van der Waals surface area contributed by atoms with Crippen molar-refractivity contribution < 1.29 is 14.7 Å². The maximum atomic E-state index is 12.0. The van der Waals surface area contributed by atoms with Crippen LogP contribution in [0, 0.1) is 0 Å². The van der Waals surface area contributed by atoms with E-state index in [1.165, 1.54) is 12.1 Å². The predicted molar refractivity (Wildman–Crippen MR) is 78.3 cm³/mol. The normalized spacial score (nSPS) is 10.1. The van der Waals surface area contributed by atoms with Crippen LogP contribution >= 0.6 is 27.5 Å². The second kappa shape index (κ2) is 6.02. The van der Waals surface area contributed by atoms with Crippen LogP contribution in [0.1, 0.15) is 20.8 Å². The Bertz CT molecular complexity index is 674. The molecule has 0 spiro atoms. The maximum absolute atomic E-state index is 12.0. The zero-order chi connectivity index (χ0) is 14.7. The molecule has 1 aromatic carbocycles. The lowest BCUT2D eigenvalue weighted by atomic mass is 10.2. The molecule has 7 heteroatoms. The molecule has 0 aliphatic heterocycles. The summed E-state index contributed by atoms with van der Waals surface area (Å²) in [4.78, 5) is 26.5. The molecule has 0 bridgehead atoms. The number of carbonyl (C=O) groups is 2. The number of carboxylic acid groups (broad SMARTS) is 1. The molecule has 2 N–H and O–H groups in total. The minimum Gasteiger partial charge on any atom is -0.478 e. The van der Waals surface area contributed by atoms with Crippen LogP contribution < -0.4 is 5.32 Å². The number of anilines is 1. The average molecular weight is 356 g/mol. The standard InChI is InChI=1S/C13H8BrClN2O3/c14-9-5-8(15)2-4-10(9)17-12(18)11-3-1-7(6-16-11)13(19)20/h1-6H,(H,17,18)(H,19,20). The van der Waals surface area contributed by atoms with Gasteiger partial charge in [-0.25, -0.2) is 4.79 Å². The van der Waals surface area contributed by atoms with E-state index in [4.69, 9.17) is 16.7 Å². The fourth-order valence-corrected chi connectivity index (χ4v) is 2.21. The number of rotatable bonds is 3. The van der Waals surface area contributed by atoms with E-state index in [0.717, 1.165) is 6.20 Å². The van der Waals surface area contributed by atoms with Crippen LogP contribution in [0.5, 0.6) is 0 Å². The Morgan fingerprint density at radius 3 is 2.55 bits per heavy atom. The molecule has 1 amide bonds. The van der Waals surface area contributed by atoms with Crippen molar-refractivity contribution in [1.82, 2.24) is 4.98 Å². The number of carboxylic acids is 1. The quantitative estimate of drug-likeness (QED) is 0.884. The molecule has 0 aliphatic carbocycles. The van der Waals surface area contributed by atoms with Crippen molar-refractivity contribution in [1.29, 1.82) is 0 Å². The summed E-state index contributed by atoms with van der Waals surface area (Å²) in [5, 5.41) is 11.9. The first-order valence-corrected chi connectivity index (χ1v) is 6.60. The fourth-order valence-electron chi connectivity index (χ4n) is 1.43. The van der Waals surface area contributed by atoms with Crippen LogP contribution in [0.15, 0.2) is 41.0 Å². The highest BCUT2D eigenvalue weighted by molar-refractivity contribution is 9.10. The molecular weight excluding hydrogens is 348 g/mol. The van der Waals surface area contributed by atoms with Gasteiger partial charge in [-0.15, -0.1) is 0 Å². The monoisotopic (exact) mass is 354 g/mol. The summed E-state index contributed by atoms with van der Waals surface area (Å²) in [6.07, 6.45) is 1.13. The van der Waals surface area contributed by atoms with Crippen molar-refractivity contribution in [3.8, 4) is 0 Å². The summed E-state index contributed by atoms with van der Waals surface area (Å²) in [5.41, 5.74) is 0.689. The highest BCUT2D eigenvalue weighted by atomic mass is 79.9. The number of nitrogens with zero attached hydrogens (tertiary/aromatic N) is 1. The smallest absolute Gasteiger partial charge is 0.337 e. The Morgan fingerprint density at radius 1 is 1.25 bits per heavy atom. The van der Waals surface area contributed by atoms with Gasteiger partial charge in [-0.2, -0.15) is 0 Å². The van der Waals surface area contributed by atoms with Crippen molar-refractivity contribution >= 4 is 45.1 Å². The van der Waals surface area contributed by atoms with Crippen LogP contribution in [0.4, 0.5) is 5.69 Å². The van der Waals surface area contributed by atoms with Gasteiger partial charge < -0.3 is 10.4 Å². The van der Waals surface area contributed by atoms with E-state index in [9.17, 15) is 9.59 Å². The van der Waals surface area contributed by atoms with Crippen LogP contribution in [0.2, 0.25) is 5.02 Å². The number of hydrogen-bond donors (Lipinski definition) is 2. The molecule has 20 heavy (non-hydrogen) atoms. The Labute approximate surface area is 127 Å². The highest BCUT2D eigenvalue weighted by Gasteiger charge is 2.11. The third-order valence-electron chi connectivity index (χ3n) is 2.42. The summed E-state index contributed by atoms with van der Waals surface area (Å²) < 4.78 is 0.639. The predicted octanol–water partition coefficient (Wildman–Crippen LogP) is 3.45. The second-order valence-electron chi connectivity index (χ2n) is 3.82. The first kappa shape index (κ1) is 14.5. The number of nitrogens with one attached hydrogen (secondary N) is 1. The zero-order valence-electron chi connectivity index (χ0n) is 9.93. The van der Waals surface area contributed by atoms with E-state index in [2.05, 4.69) is 26.2 Å². The summed E-state index contributed by atoms with van der Waals surface area (Å²) in [6, 6.07) is 7.61. The van der Waals surface area contributed by atoms with Gasteiger partial charge in [0.25, 0.3) is 5.91 Å². The minimum atomic E-state index is -1.09. The third-order valence-corrected chi connectivity index (χ3v) is 3.31. The van der Waals surface area contributed by atoms with E-state index in [1.807, 2.05) is 0 Å². The Kier molecular flexibility index (Phi) is 4.36. The van der Waals surface area contributed by atoms with Crippen molar-refractivity contribution in [2.45, 2.75) is 0 Å². The van der Waals surface area contributed by atoms with Crippen molar-refractivity contribution in [3.05, 3.63) is 57.3 Å². The van der Waals surface area contributed by atoms with Gasteiger partial charge in [-0.3, -0.25) is 9.78 Å². The number of benzene rings is 1. The van der Waals surface area contributed by atoms with E-state index < -0.39 is 11.9 Å². The highest BCUT2D eigenvalue weighted by Crippen LogP contribution is 2.26. The molecule has 0 radical (unpaired) electrons. The lowest BCUT2D eigenvalue weighted by Gasteiger charge is -2.07. The molecule has 1 heterocycles. The maximum Gasteiger partial charge on any atom is 0.337 e. The molecule has 0 atom stereocenters. The first-order valence-electron chi connectivity index (χ1n) is 5.43. The number of pyridine rings is 1. The average Bonchev–Trinajstić information content (AvgIpc) is 2.42. The largest absolute Gasteiger partial charge is 0.478 e. The molecule has 0 saturated carbocycles. The molecular formula is C13H8BrClN2O3. The molecule has 1 aromatic heterocycles. The lowest BCUT2D eigenvalue weighted by molar-refractivity contribution is 0.0696. The minimum absolute atomic E-state index is 0.0224. The van der Waals surface area contributed by atoms with Crippen molar-refractivity contribution in [2.75, 3.05) is 5.32 Å². The molecule has 0 aliphatic rings. The second-order valence-corrected chi connectivity index (χ2v) is 5.11. The third kappa shape index (κ3) is 3.34. The summed E-state index contributed by atoms with van der Waals surface area (Å²) in [6.45, 7) is 0. The number of carbonyl (C=O) groups excluding carboxylic acids is 1. The van der Waals surface area contributed by atoms with Crippen LogP contribution in [0.25, 0.3) is 0 Å². The van der Waals surface area contributed by atoms with E-state index in [-0.39, 0.29) is 11.3 Å². The van der Waals surface area contributed by atoms with Crippen LogP contribution in [-0.2, 0) is 0 Å². The molecule has 2 aromatic rings. The topological polar surface area (TPSA) is 79.3 Å². The van der Waals surface area contributed by atoms with E-state index in [1.54, 1.807) is 18.2 Å². The van der Waals surface area contributed by atoms with Gasteiger partial charge in [-0.1, -0.05) is 11.6 Å². The van der Waals surface area contributed by atoms with Crippen molar-refractivity contribution in [3.63, 3.8) is 0 Å². The number of amides is 1. The summed E-state index contributed by atoms with van der Waals surface area (Å²) in [5.74, 6) is -1.53. The molecule has 102 valence electrons. The number of aromatic carboxylic acids is 1. The number of aromatic nitrogens is 1. The number of halogens is 2. The Hall–Kier alpha value is -1.92. The van der Waals surface area contributed by atoms with Crippen molar-refractivity contribution in [2.24, 2.45) is 0 Å². The van der Waals surface area contributed by atoms with E-state index >= 15 is 0 Å².